The first kappa shape index (κ1) is 31.5. The van der Waals surface area contributed by atoms with Gasteiger partial charge in [0.05, 0.1) is 11.4 Å². The van der Waals surface area contributed by atoms with Crippen molar-refractivity contribution < 1.29 is 14.6 Å². The molecule has 1 aromatic carbocycles. The number of pyridine rings is 1. The molecular weight excluding hydrogens is 672 g/mol. The lowest BCUT2D eigenvalue weighted by Gasteiger charge is -2.45. The second kappa shape index (κ2) is 12.3. The summed E-state index contributed by atoms with van der Waals surface area (Å²) >= 11 is 3.84. The van der Waals surface area contributed by atoms with Gasteiger partial charge < -0.3 is 25.0 Å². The van der Waals surface area contributed by atoms with E-state index in [0.29, 0.717) is 6.61 Å². The number of piperidine rings is 1. The van der Waals surface area contributed by atoms with E-state index in [-0.39, 0.29) is 17.6 Å². The van der Waals surface area contributed by atoms with E-state index >= 15 is 0 Å². The quantitative estimate of drug-likeness (QED) is 0.215. The fourth-order valence-corrected chi connectivity index (χ4v) is 9.27. The Morgan fingerprint density at radius 1 is 1.08 bits per heavy atom. The van der Waals surface area contributed by atoms with E-state index in [2.05, 4.69) is 66.4 Å². The largest absolute Gasteiger partial charge is 0.465 e. The van der Waals surface area contributed by atoms with Crippen LogP contribution in [0.2, 0.25) is 0 Å². The number of nitrogens with one attached hydrogen (secondary N) is 1. The molecule has 1 spiro atoms. The maximum absolute atomic E-state index is 11.6. The number of rotatable bonds is 6. The molecule has 11 nitrogen and oxygen atoms in total. The van der Waals surface area contributed by atoms with E-state index in [4.69, 9.17) is 19.8 Å². The molecule has 2 saturated heterocycles. The van der Waals surface area contributed by atoms with Gasteiger partial charge in [0.25, 0.3) is 0 Å². The fourth-order valence-electron chi connectivity index (χ4n) is 8.75. The molecule has 1 aliphatic carbocycles. The second-order valence-electron chi connectivity index (χ2n) is 14.6. The number of hydrogen-bond acceptors (Lipinski definition) is 8. The number of halogens is 1. The van der Waals surface area contributed by atoms with Crippen LogP contribution in [0, 0.1) is 5.41 Å². The number of benzene rings is 1. The van der Waals surface area contributed by atoms with Crippen molar-refractivity contribution in [3.05, 3.63) is 64.0 Å². The van der Waals surface area contributed by atoms with Crippen molar-refractivity contribution in [2.24, 2.45) is 5.41 Å². The minimum Gasteiger partial charge on any atom is -0.465 e. The van der Waals surface area contributed by atoms with Gasteiger partial charge in [-0.3, -0.25) is 4.98 Å². The number of anilines is 3. The zero-order chi connectivity index (χ0) is 33.0. The molecule has 2 atom stereocenters. The molecule has 48 heavy (non-hydrogen) atoms. The molecule has 2 N–H and O–H groups in total. The summed E-state index contributed by atoms with van der Waals surface area (Å²) in [6.07, 6.45) is 9.42. The number of aryl methyl sites for hydroxylation is 1. The minimum atomic E-state index is -0.976. The van der Waals surface area contributed by atoms with Crippen LogP contribution in [0.3, 0.4) is 0 Å². The first-order chi connectivity index (χ1) is 23.2. The van der Waals surface area contributed by atoms with Crippen molar-refractivity contribution in [2.75, 3.05) is 36.0 Å². The van der Waals surface area contributed by atoms with Crippen LogP contribution in [0.25, 0.3) is 11.2 Å². The monoisotopic (exact) mass is 714 g/mol. The van der Waals surface area contributed by atoms with Crippen molar-refractivity contribution >= 4 is 50.5 Å². The Kier molecular flexibility index (Phi) is 8.06. The molecule has 2 fully saturated rings. The smallest absolute Gasteiger partial charge is 0.405 e. The van der Waals surface area contributed by atoms with Crippen molar-refractivity contribution in [1.82, 2.24) is 30.0 Å². The molecular formula is C36H43BrN8O3. The number of amides is 1. The highest BCUT2D eigenvalue weighted by molar-refractivity contribution is 9.10. The van der Waals surface area contributed by atoms with Gasteiger partial charge in [-0.2, -0.15) is 0 Å². The lowest BCUT2D eigenvalue weighted by molar-refractivity contribution is -0.0368. The summed E-state index contributed by atoms with van der Waals surface area (Å²) in [6, 6.07) is 12.8. The summed E-state index contributed by atoms with van der Waals surface area (Å²) < 4.78 is 8.96. The Bertz CT molecular complexity index is 1850. The zero-order valence-corrected chi connectivity index (χ0v) is 29.2. The number of carbonyl (C=O) groups is 1. The maximum atomic E-state index is 11.6. The van der Waals surface area contributed by atoms with Gasteiger partial charge >= 0.3 is 6.09 Å². The third-order valence-electron chi connectivity index (χ3n) is 11.0. The number of fused-ring (bicyclic) bond motifs is 3. The standard InChI is InChI=1S/C36H43BrN8O3/c1-35(2,41-34(46)47)22-25-24-10-4-3-9-23(24)21-36(25)14-18-43(19-15-36)33-30(37)39-29-31(40-33)45(28-13-5-6-20-48-28)42-32(29)44-17-8-11-26-27(44)12-7-16-38-26/h3-4,7,9-10,12,16,25,28,41H,5-6,8,11,13-15,17-22H2,1-2H3,(H,46,47)/t25-,28?/m1/s1. The van der Waals surface area contributed by atoms with Crippen LogP contribution in [0.1, 0.15) is 87.8 Å². The number of hydrogen-bond donors (Lipinski definition) is 2. The highest BCUT2D eigenvalue weighted by Crippen LogP contribution is 2.56. The SMILES string of the molecule is CC(C)(C[C@@H]1c2ccccc2CC12CCN(c1nc3c(nc1Br)c(N1CCCc4ncccc41)nn3C1CCCCO1)CC2)NC(=O)O. The second-order valence-corrected chi connectivity index (χ2v) is 15.4. The Hall–Kier alpha value is -3.77. The molecule has 6 heterocycles. The van der Waals surface area contributed by atoms with Gasteiger partial charge in [-0.15, -0.1) is 5.10 Å². The van der Waals surface area contributed by atoms with E-state index in [1.54, 1.807) is 0 Å². The van der Waals surface area contributed by atoms with Gasteiger partial charge in [0.15, 0.2) is 29.0 Å². The molecule has 0 saturated carbocycles. The molecule has 3 aromatic heterocycles. The molecule has 4 aromatic rings. The van der Waals surface area contributed by atoms with Crippen LogP contribution in [0.15, 0.2) is 47.2 Å². The van der Waals surface area contributed by atoms with Gasteiger partial charge in [-0.1, -0.05) is 24.3 Å². The van der Waals surface area contributed by atoms with Crippen LogP contribution in [0.5, 0.6) is 0 Å². The highest BCUT2D eigenvalue weighted by atomic mass is 79.9. The van der Waals surface area contributed by atoms with E-state index < -0.39 is 11.6 Å². The fraction of sp³-hybridized carbons (Fsp3) is 0.528. The third-order valence-corrected chi connectivity index (χ3v) is 11.5. The van der Waals surface area contributed by atoms with E-state index in [0.717, 1.165) is 116 Å². The summed E-state index contributed by atoms with van der Waals surface area (Å²) in [6.45, 7) is 7.22. The van der Waals surface area contributed by atoms with Crippen molar-refractivity contribution in [1.29, 1.82) is 0 Å². The first-order valence-corrected chi connectivity index (χ1v) is 18.1. The summed E-state index contributed by atoms with van der Waals surface area (Å²) in [5.74, 6) is 1.90. The Labute approximate surface area is 289 Å². The molecule has 3 aliphatic heterocycles. The van der Waals surface area contributed by atoms with Gasteiger partial charge in [-0.05, 0) is 122 Å². The van der Waals surface area contributed by atoms with Crippen LogP contribution in [-0.2, 0) is 17.6 Å². The molecule has 8 rings (SSSR count). The van der Waals surface area contributed by atoms with Gasteiger partial charge in [0.1, 0.15) is 4.60 Å². The van der Waals surface area contributed by atoms with Gasteiger partial charge in [0.2, 0.25) is 0 Å². The van der Waals surface area contributed by atoms with Crippen LogP contribution in [0.4, 0.5) is 22.1 Å². The van der Waals surface area contributed by atoms with E-state index in [9.17, 15) is 9.90 Å². The zero-order valence-electron chi connectivity index (χ0n) is 27.7. The molecule has 1 amide bonds. The van der Waals surface area contributed by atoms with E-state index in [1.807, 2.05) is 30.8 Å². The van der Waals surface area contributed by atoms with E-state index in [1.165, 1.54) is 11.1 Å². The molecule has 0 radical (unpaired) electrons. The topological polar surface area (TPSA) is 122 Å². The Morgan fingerprint density at radius 2 is 1.92 bits per heavy atom. The predicted molar refractivity (Wildman–Crippen MR) is 188 cm³/mol. The number of ether oxygens (including phenoxy) is 1. The van der Waals surface area contributed by atoms with Crippen molar-refractivity contribution in [3.63, 3.8) is 0 Å². The summed E-state index contributed by atoms with van der Waals surface area (Å²) in [7, 11) is 0. The molecule has 1 unspecified atom stereocenters. The van der Waals surface area contributed by atoms with Crippen molar-refractivity contribution in [3.8, 4) is 0 Å². The Balaban J connectivity index is 1.12. The normalized spacial score (nSPS) is 22.1. The predicted octanol–water partition coefficient (Wildman–Crippen LogP) is 7.13. The molecule has 12 heteroatoms. The first-order valence-electron chi connectivity index (χ1n) is 17.3. The highest BCUT2D eigenvalue weighted by Gasteiger charge is 2.49. The molecule has 4 aliphatic rings. The Morgan fingerprint density at radius 3 is 2.71 bits per heavy atom. The third kappa shape index (κ3) is 5.60. The van der Waals surface area contributed by atoms with Crippen molar-refractivity contribution in [2.45, 2.75) is 89.3 Å². The summed E-state index contributed by atoms with van der Waals surface area (Å²) in [5.41, 5.74) is 5.96. The van der Waals surface area contributed by atoms with Gasteiger partial charge in [-0.25, -0.2) is 19.4 Å². The number of aromatic nitrogens is 5. The maximum Gasteiger partial charge on any atom is 0.405 e. The van der Waals surface area contributed by atoms with Crippen LogP contribution < -0.4 is 15.1 Å². The number of carboxylic acid groups (broad SMARTS) is 1. The average molecular weight is 716 g/mol. The average Bonchev–Trinajstić information content (AvgIpc) is 3.59. The number of nitrogens with zero attached hydrogens (tertiary/aromatic N) is 7. The summed E-state index contributed by atoms with van der Waals surface area (Å²) in [4.78, 5) is 31.4. The van der Waals surface area contributed by atoms with Gasteiger partial charge in [0, 0.05) is 38.0 Å². The van der Waals surface area contributed by atoms with Crippen LogP contribution in [-0.4, -0.2) is 67.7 Å². The lowest BCUT2D eigenvalue weighted by Crippen LogP contribution is -2.48. The minimum absolute atomic E-state index is 0.0578. The summed E-state index contributed by atoms with van der Waals surface area (Å²) in [5, 5.41) is 17.5. The molecule has 252 valence electrons. The molecule has 0 bridgehead atoms. The van der Waals surface area contributed by atoms with Crippen LogP contribution >= 0.6 is 15.9 Å². The lowest BCUT2D eigenvalue weighted by atomic mass is 9.66.